The average Bonchev–Trinajstić information content (AvgIpc) is 2.26. The monoisotopic (exact) mass is 278 g/mol. The van der Waals surface area contributed by atoms with Crippen molar-refractivity contribution in [2.24, 2.45) is 5.73 Å². The number of nitrogens with two attached hydrogens (primary N) is 1. The lowest BCUT2D eigenvalue weighted by Gasteiger charge is -2.24. The number of anilines is 1. The van der Waals surface area contributed by atoms with Crippen molar-refractivity contribution in [1.29, 1.82) is 0 Å². The molecule has 18 heavy (non-hydrogen) atoms. The van der Waals surface area contributed by atoms with Crippen molar-refractivity contribution in [2.75, 3.05) is 11.9 Å². The van der Waals surface area contributed by atoms with E-state index in [2.05, 4.69) is 9.97 Å². The fourth-order valence-electron chi connectivity index (χ4n) is 1.30. The zero-order valence-electron chi connectivity index (χ0n) is 9.90. The van der Waals surface area contributed by atoms with Gasteiger partial charge in [0, 0.05) is 25.7 Å². The van der Waals surface area contributed by atoms with Crippen molar-refractivity contribution < 1.29 is 13.2 Å². The third-order valence-electron chi connectivity index (χ3n) is 2.41. The number of halogens is 3. The molecule has 0 aromatic carbocycles. The van der Waals surface area contributed by atoms with Crippen LogP contribution in [0.1, 0.15) is 19.0 Å². The summed E-state index contributed by atoms with van der Waals surface area (Å²) in [4.78, 5) is 9.09. The number of thiocarbonyl (C=S) groups is 1. The minimum atomic E-state index is -4.48. The van der Waals surface area contributed by atoms with E-state index in [0.717, 1.165) is 12.3 Å². The Balaban J connectivity index is 2.93. The molecule has 4 nitrogen and oxygen atoms in total. The highest BCUT2D eigenvalue weighted by Gasteiger charge is 2.33. The molecule has 0 saturated heterocycles. The fraction of sp³-hybridized carbons (Fsp3) is 0.500. The molecule has 0 spiro atoms. The van der Waals surface area contributed by atoms with Crippen LogP contribution in [-0.4, -0.2) is 28.0 Å². The maximum absolute atomic E-state index is 12.5. The molecule has 0 saturated carbocycles. The van der Waals surface area contributed by atoms with Gasteiger partial charge in [0.15, 0.2) is 0 Å². The molecule has 2 N–H and O–H groups in total. The van der Waals surface area contributed by atoms with Crippen molar-refractivity contribution in [3.8, 4) is 0 Å². The maximum atomic E-state index is 12.5. The number of hydrogen-bond donors (Lipinski definition) is 1. The van der Waals surface area contributed by atoms with E-state index in [4.69, 9.17) is 18.0 Å². The van der Waals surface area contributed by atoms with Gasteiger partial charge in [-0.1, -0.05) is 12.2 Å². The van der Waals surface area contributed by atoms with Crippen LogP contribution in [0.2, 0.25) is 0 Å². The van der Waals surface area contributed by atoms with Crippen LogP contribution in [0.5, 0.6) is 0 Å². The van der Waals surface area contributed by atoms with Gasteiger partial charge in [0.05, 0.1) is 4.99 Å². The second-order valence-corrected chi connectivity index (χ2v) is 4.39. The van der Waals surface area contributed by atoms with Gasteiger partial charge in [0.2, 0.25) is 5.95 Å². The van der Waals surface area contributed by atoms with Crippen LogP contribution in [0, 0.1) is 0 Å². The summed E-state index contributed by atoms with van der Waals surface area (Å²) in [6, 6.07) is 0.654. The molecule has 0 aliphatic heterocycles. The third kappa shape index (κ3) is 3.80. The summed E-state index contributed by atoms with van der Waals surface area (Å²) in [7, 11) is 1.60. The molecule has 0 bridgehead atoms. The Morgan fingerprint density at radius 2 is 2.17 bits per heavy atom. The smallest absolute Gasteiger partial charge is 0.393 e. The molecule has 0 aliphatic carbocycles. The van der Waals surface area contributed by atoms with Crippen LogP contribution < -0.4 is 10.6 Å². The van der Waals surface area contributed by atoms with Gasteiger partial charge in [-0.05, 0) is 13.0 Å². The third-order valence-corrected chi connectivity index (χ3v) is 2.57. The molecule has 1 aromatic rings. The Morgan fingerprint density at radius 3 is 2.67 bits per heavy atom. The second-order valence-electron chi connectivity index (χ2n) is 3.87. The lowest BCUT2D eigenvalue weighted by Crippen LogP contribution is -2.34. The van der Waals surface area contributed by atoms with Gasteiger partial charge in [-0.25, -0.2) is 9.97 Å². The molecule has 0 fully saturated rings. The average molecular weight is 278 g/mol. The SMILES string of the molecule is CC(CC(N)=S)N(C)c1nccc(C(F)(F)F)n1. The largest absolute Gasteiger partial charge is 0.433 e. The molecule has 0 aliphatic rings. The zero-order valence-corrected chi connectivity index (χ0v) is 10.7. The van der Waals surface area contributed by atoms with Gasteiger partial charge in [-0.2, -0.15) is 13.2 Å². The van der Waals surface area contributed by atoms with Crippen LogP contribution in [0.25, 0.3) is 0 Å². The van der Waals surface area contributed by atoms with Crippen molar-refractivity contribution in [3.05, 3.63) is 18.0 Å². The Kier molecular flexibility index (Phi) is 4.44. The summed E-state index contributed by atoms with van der Waals surface area (Å²) >= 11 is 4.76. The Labute approximate surface area is 108 Å². The molecule has 1 atom stereocenters. The van der Waals surface area contributed by atoms with Gasteiger partial charge >= 0.3 is 6.18 Å². The minimum Gasteiger partial charge on any atom is -0.393 e. The highest BCUT2D eigenvalue weighted by atomic mass is 32.1. The lowest BCUT2D eigenvalue weighted by atomic mass is 10.2. The number of nitrogens with zero attached hydrogens (tertiary/aromatic N) is 3. The van der Waals surface area contributed by atoms with Crippen LogP contribution in [0.15, 0.2) is 12.3 Å². The molecule has 0 radical (unpaired) electrons. The van der Waals surface area contributed by atoms with Crippen molar-refractivity contribution in [1.82, 2.24) is 9.97 Å². The van der Waals surface area contributed by atoms with Gasteiger partial charge in [-0.3, -0.25) is 0 Å². The Hall–Kier alpha value is -1.44. The van der Waals surface area contributed by atoms with Crippen LogP contribution >= 0.6 is 12.2 Å². The quantitative estimate of drug-likeness (QED) is 0.854. The molecule has 8 heteroatoms. The number of alkyl halides is 3. The lowest BCUT2D eigenvalue weighted by molar-refractivity contribution is -0.141. The van der Waals surface area contributed by atoms with E-state index in [1.165, 1.54) is 4.90 Å². The van der Waals surface area contributed by atoms with E-state index in [0.29, 0.717) is 11.4 Å². The van der Waals surface area contributed by atoms with Gasteiger partial charge in [-0.15, -0.1) is 0 Å². The predicted molar refractivity (Wildman–Crippen MR) is 66.3 cm³/mol. The van der Waals surface area contributed by atoms with E-state index < -0.39 is 11.9 Å². The summed E-state index contributed by atoms with van der Waals surface area (Å²) in [6.45, 7) is 1.78. The first-order chi connectivity index (χ1) is 8.21. The molecule has 1 aromatic heterocycles. The van der Waals surface area contributed by atoms with Crippen molar-refractivity contribution in [3.63, 3.8) is 0 Å². The maximum Gasteiger partial charge on any atom is 0.433 e. The summed E-state index contributed by atoms with van der Waals surface area (Å²) in [6.07, 6.45) is -3.02. The first kappa shape index (κ1) is 14.6. The van der Waals surface area contributed by atoms with Gasteiger partial charge in [0.1, 0.15) is 5.69 Å². The molecule has 100 valence electrons. The highest BCUT2D eigenvalue weighted by Crippen LogP contribution is 2.28. The molecule has 0 amide bonds. The minimum absolute atomic E-state index is 0.00595. The number of hydrogen-bond acceptors (Lipinski definition) is 4. The zero-order chi connectivity index (χ0) is 13.9. The molecule has 1 unspecified atom stereocenters. The summed E-state index contributed by atoms with van der Waals surface area (Å²) in [5.74, 6) is -0.00595. The van der Waals surface area contributed by atoms with Crippen LogP contribution in [-0.2, 0) is 6.18 Å². The summed E-state index contributed by atoms with van der Waals surface area (Å²) < 4.78 is 37.5. The van der Waals surface area contributed by atoms with Gasteiger partial charge in [0.25, 0.3) is 0 Å². The fourth-order valence-corrected chi connectivity index (χ4v) is 1.54. The first-order valence-electron chi connectivity index (χ1n) is 5.13. The predicted octanol–water partition coefficient (Wildman–Crippen LogP) is 2.00. The molecular weight excluding hydrogens is 265 g/mol. The van der Waals surface area contributed by atoms with E-state index in [-0.39, 0.29) is 12.0 Å². The topological polar surface area (TPSA) is 55.0 Å². The first-order valence-corrected chi connectivity index (χ1v) is 5.54. The number of aromatic nitrogens is 2. The Morgan fingerprint density at radius 1 is 1.56 bits per heavy atom. The molecular formula is C10H13F3N4S. The van der Waals surface area contributed by atoms with Crippen LogP contribution in [0.3, 0.4) is 0 Å². The van der Waals surface area contributed by atoms with E-state index in [1.807, 2.05) is 0 Å². The van der Waals surface area contributed by atoms with E-state index in [9.17, 15) is 13.2 Å². The van der Waals surface area contributed by atoms with Crippen molar-refractivity contribution >= 4 is 23.2 Å². The number of rotatable bonds is 4. The Bertz CT molecular complexity index is 435. The standard InChI is InChI=1S/C10H13F3N4S/c1-6(5-8(14)18)17(2)9-15-4-3-7(16-9)10(11,12)13/h3-4,6H,5H2,1-2H3,(H2,14,18). The van der Waals surface area contributed by atoms with Crippen LogP contribution in [0.4, 0.5) is 19.1 Å². The van der Waals surface area contributed by atoms with Gasteiger partial charge < -0.3 is 10.6 Å². The molecule has 1 heterocycles. The summed E-state index contributed by atoms with van der Waals surface area (Å²) in [5, 5.41) is 0. The normalized spacial score (nSPS) is 13.2. The highest BCUT2D eigenvalue weighted by molar-refractivity contribution is 7.80. The second kappa shape index (κ2) is 5.47. The van der Waals surface area contributed by atoms with E-state index >= 15 is 0 Å². The molecule has 1 rings (SSSR count). The summed E-state index contributed by atoms with van der Waals surface area (Å²) in [5.41, 5.74) is 4.42. The van der Waals surface area contributed by atoms with Crippen molar-refractivity contribution in [2.45, 2.75) is 25.6 Å². The van der Waals surface area contributed by atoms with E-state index in [1.54, 1.807) is 14.0 Å².